The number of urea groups is 1. The molecule has 134 valence electrons. The van der Waals surface area contributed by atoms with Crippen LogP contribution in [0.1, 0.15) is 29.0 Å². The molecule has 1 N–H and O–H groups in total. The number of aryl methyl sites for hydroxylation is 1. The molecule has 0 saturated carbocycles. The van der Waals surface area contributed by atoms with Crippen LogP contribution in [0.25, 0.3) is 0 Å². The summed E-state index contributed by atoms with van der Waals surface area (Å²) in [4.78, 5) is 19.9. The van der Waals surface area contributed by atoms with Gasteiger partial charge in [-0.25, -0.2) is 4.79 Å². The first-order valence-corrected chi connectivity index (χ1v) is 9.67. The van der Waals surface area contributed by atoms with Crippen molar-refractivity contribution in [2.75, 3.05) is 19.6 Å². The predicted octanol–water partition coefficient (Wildman–Crippen LogP) is 3.38. The first-order chi connectivity index (χ1) is 12.2. The van der Waals surface area contributed by atoms with E-state index in [9.17, 15) is 4.79 Å². The van der Waals surface area contributed by atoms with Gasteiger partial charge in [0, 0.05) is 30.7 Å². The second kappa shape index (κ2) is 8.97. The minimum Gasteiger partial charge on any atom is -0.370 e. The SMILES string of the molecule is Cc1ccsc1CCNC(=O)N1CCC[C@H](OCc2ccccn2)C1. The lowest BCUT2D eigenvalue weighted by molar-refractivity contribution is -0.00162. The van der Waals surface area contributed by atoms with Crippen LogP contribution in [0.2, 0.25) is 0 Å². The lowest BCUT2D eigenvalue weighted by Crippen LogP contribution is -2.48. The van der Waals surface area contributed by atoms with E-state index in [1.54, 1.807) is 17.5 Å². The number of nitrogens with zero attached hydrogens (tertiary/aromatic N) is 2. The number of nitrogens with one attached hydrogen (secondary N) is 1. The van der Waals surface area contributed by atoms with Gasteiger partial charge < -0.3 is 15.0 Å². The number of carbonyl (C=O) groups is 1. The summed E-state index contributed by atoms with van der Waals surface area (Å²) in [6.45, 7) is 4.74. The van der Waals surface area contributed by atoms with Crippen molar-refractivity contribution in [3.05, 3.63) is 52.0 Å². The van der Waals surface area contributed by atoms with Gasteiger partial charge in [0.1, 0.15) is 0 Å². The Bertz CT molecular complexity index is 674. The Labute approximate surface area is 153 Å². The normalized spacial score (nSPS) is 17.5. The fraction of sp³-hybridized carbons (Fsp3) is 0.474. The van der Waals surface area contributed by atoms with Crippen LogP contribution in [0.4, 0.5) is 4.79 Å². The van der Waals surface area contributed by atoms with Crippen molar-refractivity contribution in [1.82, 2.24) is 15.2 Å². The lowest BCUT2D eigenvalue weighted by Gasteiger charge is -2.32. The Hall–Kier alpha value is -1.92. The summed E-state index contributed by atoms with van der Waals surface area (Å²) < 4.78 is 5.95. The van der Waals surface area contributed by atoms with Gasteiger partial charge >= 0.3 is 6.03 Å². The summed E-state index contributed by atoms with van der Waals surface area (Å²) in [7, 11) is 0. The molecule has 0 radical (unpaired) electrons. The Morgan fingerprint density at radius 2 is 2.36 bits per heavy atom. The largest absolute Gasteiger partial charge is 0.370 e. The van der Waals surface area contributed by atoms with Crippen LogP contribution < -0.4 is 5.32 Å². The minimum atomic E-state index is 0.0142. The van der Waals surface area contributed by atoms with E-state index in [-0.39, 0.29) is 12.1 Å². The third-order valence-electron chi connectivity index (χ3n) is 4.45. The summed E-state index contributed by atoms with van der Waals surface area (Å²) in [5, 5.41) is 5.14. The van der Waals surface area contributed by atoms with Crippen LogP contribution in [0.5, 0.6) is 0 Å². The first-order valence-electron chi connectivity index (χ1n) is 8.79. The second-order valence-corrected chi connectivity index (χ2v) is 7.35. The molecule has 3 rings (SSSR count). The monoisotopic (exact) mass is 359 g/mol. The van der Waals surface area contributed by atoms with Crippen LogP contribution in [-0.4, -0.2) is 41.7 Å². The number of carbonyl (C=O) groups excluding carboxylic acids is 1. The van der Waals surface area contributed by atoms with E-state index in [1.807, 2.05) is 23.1 Å². The van der Waals surface area contributed by atoms with Gasteiger partial charge in [-0.1, -0.05) is 6.07 Å². The zero-order valence-electron chi connectivity index (χ0n) is 14.6. The van der Waals surface area contributed by atoms with Gasteiger partial charge in [-0.2, -0.15) is 0 Å². The standard InChI is InChI=1S/C19H25N3O2S/c1-15-8-12-25-18(15)7-10-21-19(23)22-11-4-6-17(13-22)24-14-16-5-2-3-9-20-16/h2-3,5,8-9,12,17H,4,6-7,10-11,13-14H2,1H3,(H,21,23)/t17-/m0/s1. The lowest BCUT2D eigenvalue weighted by atomic mass is 10.1. The van der Waals surface area contributed by atoms with Crippen LogP contribution in [0.3, 0.4) is 0 Å². The predicted molar refractivity (Wildman–Crippen MR) is 99.8 cm³/mol. The average molecular weight is 359 g/mol. The maximum absolute atomic E-state index is 12.4. The molecule has 2 aromatic heterocycles. The molecule has 1 saturated heterocycles. The van der Waals surface area contributed by atoms with E-state index in [0.29, 0.717) is 19.7 Å². The molecule has 0 aromatic carbocycles. The summed E-state index contributed by atoms with van der Waals surface area (Å²) in [5.74, 6) is 0. The number of likely N-dealkylation sites (tertiary alicyclic amines) is 1. The Kier molecular flexibility index (Phi) is 6.42. The van der Waals surface area contributed by atoms with E-state index in [0.717, 1.165) is 31.5 Å². The Balaban J connectivity index is 1.41. The highest BCUT2D eigenvalue weighted by Gasteiger charge is 2.24. The van der Waals surface area contributed by atoms with Gasteiger partial charge in [0.25, 0.3) is 0 Å². The molecule has 2 aromatic rings. The molecular formula is C19H25N3O2S. The molecule has 5 nitrogen and oxygen atoms in total. The molecule has 1 atom stereocenters. The van der Waals surface area contributed by atoms with E-state index in [4.69, 9.17) is 4.74 Å². The van der Waals surface area contributed by atoms with E-state index >= 15 is 0 Å². The Morgan fingerprint density at radius 1 is 1.44 bits per heavy atom. The molecule has 25 heavy (non-hydrogen) atoms. The van der Waals surface area contributed by atoms with Gasteiger partial charge in [-0.15, -0.1) is 11.3 Å². The van der Waals surface area contributed by atoms with Crippen molar-refractivity contribution >= 4 is 17.4 Å². The Morgan fingerprint density at radius 3 is 3.12 bits per heavy atom. The van der Waals surface area contributed by atoms with E-state index < -0.39 is 0 Å². The number of aromatic nitrogens is 1. The van der Waals surface area contributed by atoms with Crippen LogP contribution in [0, 0.1) is 6.92 Å². The number of ether oxygens (including phenoxy) is 1. The van der Waals surface area contributed by atoms with Gasteiger partial charge in [-0.3, -0.25) is 4.98 Å². The van der Waals surface area contributed by atoms with E-state index in [1.165, 1.54) is 10.4 Å². The molecular weight excluding hydrogens is 334 g/mol. The maximum Gasteiger partial charge on any atom is 0.317 e. The number of hydrogen-bond acceptors (Lipinski definition) is 4. The smallest absolute Gasteiger partial charge is 0.317 e. The molecule has 3 heterocycles. The number of thiophene rings is 1. The zero-order chi connectivity index (χ0) is 17.5. The van der Waals surface area contributed by atoms with Crippen LogP contribution in [-0.2, 0) is 17.8 Å². The molecule has 0 aliphatic carbocycles. The summed E-state index contributed by atoms with van der Waals surface area (Å²) in [6.07, 6.45) is 4.72. The number of hydrogen-bond donors (Lipinski definition) is 1. The first kappa shape index (κ1) is 17.9. The number of pyridine rings is 1. The highest BCUT2D eigenvalue weighted by molar-refractivity contribution is 7.10. The van der Waals surface area contributed by atoms with Crippen molar-refractivity contribution in [2.24, 2.45) is 0 Å². The second-order valence-electron chi connectivity index (χ2n) is 6.35. The quantitative estimate of drug-likeness (QED) is 0.860. The molecule has 2 amide bonds. The highest BCUT2D eigenvalue weighted by atomic mass is 32.1. The van der Waals surface area contributed by atoms with Crippen molar-refractivity contribution in [1.29, 1.82) is 0 Å². The molecule has 1 fully saturated rings. The van der Waals surface area contributed by atoms with E-state index in [2.05, 4.69) is 28.7 Å². The van der Waals surface area contributed by atoms with Gasteiger partial charge in [0.2, 0.25) is 0 Å². The fourth-order valence-electron chi connectivity index (χ4n) is 3.00. The topological polar surface area (TPSA) is 54.5 Å². The van der Waals surface area contributed by atoms with Crippen molar-refractivity contribution in [3.63, 3.8) is 0 Å². The zero-order valence-corrected chi connectivity index (χ0v) is 15.4. The molecule has 6 heteroatoms. The number of piperidine rings is 1. The van der Waals surface area contributed by atoms with Crippen LogP contribution in [0.15, 0.2) is 35.8 Å². The summed E-state index contributed by atoms with van der Waals surface area (Å²) >= 11 is 1.75. The summed E-state index contributed by atoms with van der Waals surface area (Å²) in [5.41, 5.74) is 2.23. The molecule has 1 aliphatic rings. The molecule has 1 aliphatic heterocycles. The van der Waals surface area contributed by atoms with Crippen LogP contribution >= 0.6 is 11.3 Å². The fourth-order valence-corrected chi connectivity index (χ4v) is 3.91. The number of rotatable bonds is 6. The highest BCUT2D eigenvalue weighted by Crippen LogP contribution is 2.16. The maximum atomic E-state index is 12.4. The van der Waals surface area contributed by atoms with Gasteiger partial charge in [0.15, 0.2) is 0 Å². The van der Waals surface area contributed by atoms with Crippen molar-refractivity contribution in [2.45, 2.75) is 38.9 Å². The van der Waals surface area contributed by atoms with Crippen molar-refractivity contribution in [3.8, 4) is 0 Å². The minimum absolute atomic E-state index is 0.0142. The molecule has 0 bridgehead atoms. The third kappa shape index (κ3) is 5.28. The molecule has 0 unspecified atom stereocenters. The van der Waals surface area contributed by atoms with Crippen molar-refractivity contribution < 1.29 is 9.53 Å². The van der Waals surface area contributed by atoms with Gasteiger partial charge in [0.05, 0.1) is 18.4 Å². The average Bonchev–Trinajstić information content (AvgIpc) is 3.06. The van der Waals surface area contributed by atoms with Gasteiger partial charge in [-0.05, 0) is 55.3 Å². The summed E-state index contributed by atoms with van der Waals surface area (Å²) in [6, 6.07) is 7.95. The molecule has 0 spiro atoms. The number of amides is 2. The third-order valence-corrected chi connectivity index (χ3v) is 5.54.